The second-order valence-corrected chi connectivity index (χ2v) is 4.85. The van der Waals surface area contributed by atoms with Gasteiger partial charge in [0, 0.05) is 19.2 Å². The van der Waals surface area contributed by atoms with Crippen molar-refractivity contribution in [3.05, 3.63) is 28.1 Å². The monoisotopic (exact) mass is 281 g/mol. The van der Waals surface area contributed by atoms with Crippen LogP contribution in [-0.2, 0) is 9.53 Å². The van der Waals surface area contributed by atoms with E-state index < -0.39 is 4.92 Å². The third-order valence-electron chi connectivity index (χ3n) is 3.51. The third kappa shape index (κ3) is 2.49. The molecule has 1 aromatic heterocycles. The highest BCUT2D eigenvalue weighted by molar-refractivity contribution is 5.94. The summed E-state index contributed by atoms with van der Waals surface area (Å²) in [6.45, 7) is 2.55. The van der Waals surface area contributed by atoms with Crippen LogP contribution in [0.1, 0.15) is 17.4 Å². The summed E-state index contributed by atoms with van der Waals surface area (Å²) in [6.07, 6.45) is 1.17. The fourth-order valence-corrected chi connectivity index (χ4v) is 2.37. The van der Waals surface area contributed by atoms with Crippen LogP contribution >= 0.6 is 0 Å². The van der Waals surface area contributed by atoms with Crippen molar-refractivity contribution in [3.63, 3.8) is 0 Å². The lowest BCUT2D eigenvalue weighted by Gasteiger charge is -2.14. The van der Waals surface area contributed by atoms with Crippen molar-refractivity contribution in [1.29, 1.82) is 0 Å². The molecule has 1 amide bonds. The Morgan fingerprint density at radius 3 is 2.75 bits per heavy atom. The summed E-state index contributed by atoms with van der Waals surface area (Å²) in [5.41, 5.74) is -0.0143. The number of amides is 1. The fraction of sp³-hybridized carbons (Fsp3) is 0.500. The molecule has 1 aliphatic heterocycles. The average Bonchev–Trinajstić information content (AvgIpc) is 3.03. The Labute approximate surface area is 114 Å². The number of ether oxygens (including phenoxy) is 1. The molecule has 0 aliphatic carbocycles. The summed E-state index contributed by atoms with van der Waals surface area (Å²) >= 11 is 0. The fourth-order valence-electron chi connectivity index (χ4n) is 2.37. The van der Waals surface area contributed by atoms with Gasteiger partial charge >= 0.3 is 5.97 Å². The van der Waals surface area contributed by atoms with Crippen molar-refractivity contribution >= 4 is 17.6 Å². The first-order valence-corrected chi connectivity index (χ1v) is 6.14. The van der Waals surface area contributed by atoms with Crippen LogP contribution in [-0.4, -0.2) is 46.9 Å². The Bertz CT molecular complexity index is 553. The Morgan fingerprint density at radius 1 is 1.50 bits per heavy atom. The summed E-state index contributed by atoms with van der Waals surface area (Å²) in [4.78, 5) is 37.9. The molecule has 1 aliphatic rings. The molecule has 0 saturated carbocycles. The summed E-state index contributed by atoms with van der Waals surface area (Å²) in [5, 5.41) is 10.6. The smallest absolute Gasteiger partial charge is 0.310 e. The Morgan fingerprint density at radius 2 is 2.20 bits per heavy atom. The molecule has 2 rings (SSSR count). The number of esters is 1. The summed E-state index contributed by atoms with van der Waals surface area (Å²) in [6, 6.07) is 1.19. The second-order valence-electron chi connectivity index (χ2n) is 4.85. The number of aromatic nitrogens is 1. The van der Waals surface area contributed by atoms with Crippen molar-refractivity contribution < 1.29 is 19.2 Å². The molecule has 8 nitrogen and oxygen atoms in total. The quantitative estimate of drug-likeness (QED) is 0.501. The van der Waals surface area contributed by atoms with E-state index in [9.17, 15) is 19.7 Å². The lowest BCUT2D eigenvalue weighted by molar-refractivity contribution is -0.384. The van der Waals surface area contributed by atoms with E-state index in [0.717, 1.165) is 0 Å². The number of likely N-dealkylation sites (tertiary alicyclic amines) is 1. The van der Waals surface area contributed by atoms with E-state index >= 15 is 0 Å². The Kier molecular flexibility index (Phi) is 3.73. The molecular weight excluding hydrogens is 266 g/mol. The number of hydrogen-bond donors (Lipinski definition) is 1. The predicted octanol–water partition coefficient (Wildman–Crippen LogP) is 0.804. The number of carbonyl (C=O) groups excluding carboxylic acids is 2. The molecule has 1 N–H and O–H groups in total. The van der Waals surface area contributed by atoms with E-state index in [1.165, 1.54) is 24.3 Å². The second kappa shape index (κ2) is 5.32. The number of carbonyl (C=O) groups is 2. The number of H-pyrrole nitrogens is 1. The number of nitro groups is 1. The zero-order chi connectivity index (χ0) is 14.9. The number of hydrogen-bond acceptors (Lipinski definition) is 5. The number of methoxy groups -OCH3 is 1. The van der Waals surface area contributed by atoms with Crippen LogP contribution in [0.4, 0.5) is 5.69 Å². The molecule has 1 aromatic rings. The van der Waals surface area contributed by atoms with E-state index in [1.807, 2.05) is 6.92 Å². The number of nitrogens with one attached hydrogen (secondary N) is 1. The zero-order valence-electron chi connectivity index (χ0n) is 11.2. The van der Waals surface area contributed by atoms with Crippen LogP contribution in [0.2, 0.25) is 0 Å². The molecule has 0 spiro atoms. The summed E-state index contributed by atoms with van der Waals surface area (Å²) < 4.78 is 4.70. The molecule has 108 valence electrons. The van der Waals surface area contributed by atoms with Crippen LogP contribution in [0, 0.1) is 22.0 Å². The standard InChI is InChI=1S/C12H15N3O5/c1-7-5-14(6-9(7)12(17)20-2)11(16)10-3-8(4-13-10)15(18)19/h3-4,7,9,13H,5-6H2,1-2H3. The van der Waals surface area contributed by atoms with Gasteiger partial charge in [0.05, 0.1) is 24.1 Å². The highest BCUT2D eigenvalue weighted by atomic mass is 16.6. The van der Waals surface area contributed by atoms with Gasteiger partial charge in [-0.1, -0.05) is 6.92 Å². The van der Waals surface area contributed by atoms with Gasteiger partial charge in [-0.05, 0) is 5.92 Å². The van der Waals surface area contributed by atoms with Crippen molar-refractivity contribution in [2.75, 3.05) is 20.2 Å². The van der Waals surface area contributed by atoms with Gasteiger partial charge in [-0.15, -0.1) is 0 Å². The van der Waals surface area contributed by atoms with Crippen LogP contribution in [0.5, 0.6) is 0 Å². The van der Waals surface area contributed by atoms with Gasteiger partial charge < -0.3 is 14.6 Å². The van der Waals surface area contributed by atoms with Gasteiger partial charge in [-0.2, -0.15) is 0 Å². The van der Waals surface area contributed by atoms with Crippen molar-refractivity contribution in [3.8, 4) is 0 Å². The van der Waals surface area contributed by atoms with Crippen LogP contribution in [0.25, 0.3) is 0 Å². The molecular formula is C12H15N3O5. The maximum atomic E-state index is 12.2. The zero-order valence-corrected chi connectivity index (χ0v) is 11.2. The molecule has 20 heavy (non-hydrogen) atoms. The number of aromatic amines is 1. The van der Waals surface area contributed by atoms with E-state index in [2.05, 4.69) is 4.98 Å². The van der Waals surface area contributed by atoms with Gasteiger partial charge in [0.15, 0.2) is 0 Å². The first-order chi connectivity index (χ1) is 9.43. The topological polar surface area (TPSA) is 106 Å². The highest BCUT2D eigenvalue weighted by Crippen LogP contribution is 2.26. The summed E-state index contributed by atoms with van der Waals surface area (Å²) in [7, 11) is 1.31. The first-order valence-electron chi connectivity index (χ1n) is 6.14. The highest BCUT2D eigenvalue weighted by Gasteiger charge is 2.38. The molecule has 2 heterocycles. The first kappa shape index (κ1) is 14.0. The molecule has 0 aromatic carbocycles. The van der Waals surface area contributed by atoms with Crippen molar-refractivity contribution in [1.82, 2.24) is 9.88 Å². The van der Waals surface area contributed by atoms with E-state index in [0.29, 0.717) is 6.54 Å². The maximum absolute atomic E-state index is 12.2. The summed E-state index contributed by atoms with van der Waals surface area (Å²) in [5.74, 6) is -1.05. The van der Waals surface area contributed by atoms with Crippen molar-refractivity contribution in [2.45, 2.75) is 6.92 Å². The Hall–Kier alpha value is -2.38. The van der Waals surface area contributed by atoms with Crippen molar-refractivity contribution in [2.24, 2.45) is 11.8 Å². The van der Waals surface area contributed by atoms with Crippen LogP contribution in [0.3, 0.4) is 0 Å². The lowest BCUT2D eigenvalue weighted by atomic mass is 9.99. The van der Waals surface area contributed by atoms with E-state index in [4.69, 9.17) is 4.74 Å². The third-order valence-corrected chi connectivity index (χ3v) is 3.51. The molecule has 2 unspecified atom stereocenters. The normalized spacial score (nSPS) is 21.8. The van der Waals surface area contributed by atoms with E-state index in [-0.39, 0.29) is 41.6 Å². The van der Waals surface area contributed by atoms with Gasteiger partial charge in [0.25, 0.3) is 11.6 Å². The average molecular weight is 281 g/mol. The number of nitrogens with zero attached hydrogens (tertiary/aromatic N) is 2. The van der Waals surface area contributed by atoms with Gasteiger partial charge in [-0.3, -0.25) is 19.7 Å². The van der Waals surface area contributed by atoms with Crippen LogP contribution in [0.15, 0.2) is 12.3 Å². The molecule has 1 saturated heterocycles. The molecule has 0 radical (unpaired) electrons. The van der Waals surface area contributed by atoms with Gasteiger partial charge in [0.2, 0.25) is 0 Å². The minimum Gasteiger partial charge on any atom is -0.469 e. The minimum absolute atomic E-state index is 0.00338. The van der Waals surface area contributed by atoms with E-state index in [1.54, 1.807) is 0 Å². The molecule has 2 atom stereocenters. The van der Waals surface area contributed by atoms with Gasteiger partial charge in [-0.25, -0.2) is 0 Å². The molecule has 1 fully saturated rings. The van der Waals surface area contributed by atoms with Crippen LogP contribution < -0.4 is 0 Å². The SMILES string of the molecule is COC(=O)C1CN(C(=O)c2cc([N+](=O)[O-])c[nH]2)CC1C. The minimum atomic E-state index is -0.572. The molecule has 8 heteroatoms. The van der Waals surface area contributed by atoms with Gasteiger partial charge in [0.1, 0.15) is 5.69 Å². The number of rotatable bonds is 3. The maximum Gasteiger partial charge on any atom is 0.310 e. The largest absolute Gasteiger partial charge is 0.469 e. The predicted molar refractivity (Wildman–Crippen MR) is 68.0 cm³/mol. The molecule has 0 bridgehead atoms. The lowest BCUT2D eigenvalue weighted by Crippen LogP contribution is -2.30. The Balaban J connectivity index is 2.10.